The van der Waals surface area contributed by atoms with Gasteiger partial charge in [-0.25, -0.2) is 0 Å². The molecule has 5 heteroatoms. The van der Waals surface area contributed by atoms with Crippen LogP contribution in [0.1, 0.15) is 19.3 Å². The molecule has 0 atom stereocenters. The van der Waals surface area contributed by atoms with Gasteiger partial charge in [0, 0.05) is 44.5 Å². The second kappa shape index (κ2) is 5.16. The smallest absolute Gasteiger partial charge is 0.230 e. The maximum absolute atomic E-state index is 12.0. The van der Waals surface area contributed by atoms with E-state index in [1.807, 2.05) is 13.1 Å². The Kier molecular flexibility index (Phi) is 3.26. The van der Waals surface area contributed by atoms with Gasteiger partial charge in [-0.1, -0.05) is 0 Å². The standard InChI is InChI=1S/C17H22N2O3/c1-18-14-10-13(2-3-15(14)22-7-4-16(18)20)19-11-17(12-19)5-8-21-9-6-17/h2-3,10H,4-9,11-12H2,1H3. The van der Waals surface area contributed by atoms with Gasteiger partial charge in [-0.2, -0.15) is 0 Å². The van der Waals surface area contributed by atoms with Gasteiger partial charge in [0.15, 0.2) is 0 Å². The fraction of sp³-hybridized carbons (Fsp3) is 0.588. The number of ether oxygens (including phenoxy) is 2. The van der Waals surface area contributed by atoms with E-state index < -0.39 is 0 Å². The van der Waals surface area contributed by atoms with Crippen LogP contribution in [0.5, 0.6) is 5.75 Å². The molecule has 4 rings (SSSR count). The van der Waals surface area contributed by atoms with E-state index in [0.29, 0.717) is 18.4 Å². The van der Waals surface area contributed by atoms with E-state index in [2.05, 4.69) is 17.0 Å². The van der Waals surface area contributed by atoms with Gasteiger partial charge in [-0.3, -0.25) is 4.79 Å². The topological polar surface area (TPSA) is 42.0 Å². The summed E-state index contributed by atoms with van der Waals surface area (Å²) in [5.74, 6) is 0.916. The van der Waals surface area contributed by atoms with E-state index in [1.54, 1.807) is 4.90 Å². The fourth-order valence-electron chi connectivity index (χ4n) is 3.70. The monoisotopic (exact) mass is 302 g/mol. The molecular formula is C17H22N2O3. The summed E-state index contributed by atoms with van der Waals surface area (Å²) in [5, 5.41) is 0. The highest BCUT2D eigenvalue weighted by molar-refractivity contribution is 5.95. The van der Waals surface area contributed by atoms with Crippen LogP contribution in [-0.2, 0) is 9.53 Å². The van der Waals surface area contributed by atoms with Crippen molar-refractivity contribution in [1.29, 1.82) is 0 Å². The molecule has 3 aliphatic heterocycles. The minimum Gasteiger partial charge on any atom is -0.491 e. The summed E-state index contributed by atoms with van der Waals surface area (Å²) in [6.45, 7) is 4.43. The van der Waals surface area contributed by atoms with Crippen molar-refractivity contribution in [3.8, 4) is 5.75 Å². The van der Waals surface area contributed by atoms with Crippen molar-refractivity contribution in [2.75, 3.05) is 49.8 Å². The number of carbonyl (C=O) groups is 1. The van der Waals surface area contributed by atoms with Crippen LogP contribution in [0, 0.1) is 5.41 Å². The molecule has 0 N–H and O–H groups in total. The highest BCUT2D eigenvalue weighted by Gasteiger charge is 2.44. The highest BCUT2D eigenvalue weighted by atomic mass is 16.5. The summed E-state index contributed by atoms with van der Waals surface area (Å²) >= 11 is 0. The van der Waals surface area contributed by atoms with Crippen molar-refractivity contribution in [2.24, 2.45) is 5.41 Å². The maximum atomic E-state index is 12.0. The second-order valence-electron chi connectivity index (χ2n) is 6.67. The van der Waals surface area contributed by atoms with E-state index in [4.69, 9.17) is 9.47 Å². The number of hydrogen-bond donors (Lipinski definition) is 0. The van der Waals surface area contributed by atoms with Gasteiger partial charge in [0.1, 0.15) is 5.75 Å². The van der Waals surface area contributed by atoms with E-state index in [9.17, 15) is 4.79 Å². The van der Waals surface area contributed by atoms with E-state index in [-0.39, 0.29) is 5.91 Å². The first-order valence-electron chi connectivity index (χ1n) is 8.03. The van der Waals surface area contributed by atoms with Gasteiger partial charge in [0.2, 0.25) is 5.91 Å². The van der Waals surface area contributed by atoms with Crippen LogP contribution < -0.4 is 14.5 Å². The third-order valence-electron chi connectivity index (χ3n) is 5.22. The summed E-state index contributed by atoms with van der Waals surface area (Å²) in [5.41, 5.74) is 2.51. The molecule has 0 bridgehead atoms. The van der Waals surface area contributed by atoms with E-state index in [1.165, 1.54) is 5.69 Å². The minimum absolute atomic E-state index is 0.111. The van der Waals surface area contributed by atoms with Crippen LogP contribution in [0.25, 0.3) is 0 Å². The lowest BCUT2D eigenvalue weighted by molar-refractivity contribution is -0.118. The summed E-state index contributed by atoms with van der Waals surface area (Å²) in [6, 6.07) is 6.19. The van der Waals surface area contributed by atoms with Crippen LogP contribution >= 0.6 is 0 Å². The summed E-state index contributed by atoms with van der Waals surface area (Å²) in [6.07, 6.45) is 2.76. The molecule has 0 saturated carbocycles. The molecule has 0 aromatic heterocycles. The van der Waals surface area contributed by atoms with Crippen molar-refractivity contribution < 1.29 is 14.3 Å². The lowest BCUT2D eigenvalue weighted by Crippen LogP contribution is -2.58. The normalized spacial score (nSPS) is 23.6. The second-order valence-corrected chi connectivity index (χ2v) is 6.67. The molecule has 1 amide bonds. The van der Waals surface area contributed by atoms with Gasteiger partial charge in [0.25, 0.3) is 0 Å². The number of amides is 1. The van der Waals surface area contributed by atoms with Gasteiger partial charge in [0.05, 0.1) is 18.7 Å². The van der Waals surface area contributed by atoms with Crippen molar-refractivity contribution in [1.82, 2.24) is 0 Å². The fourth-order valence-corrected chi connectivity index (χ4v) is 3.70. The number of benzene rings is 1. The number of nitrogens with zero attached hydrogens (tertiary/aromatic N) is 2. The molecule has 3 aliphatic rings. The maximum Gasteiger partial charge on any atom is 0.230 e. The SMILES string of the molecule is CN1C(=O)CCOc2ccc(N3CC4(CCOCC4)C3)cc21. The van der Waals surface area contributed by atoms with Gasteiger partial charge in [-0.15, -0.1) is 0 Å². The lowest BCUT2D eigenvalue weighted by atomic mass is 9.73. The van der Waals surface area contributed by atoms with Crippen LogP contribution in [0.15, 0.2) is 18.2 Å². The molecule has 0 aliphatic carbocycles. The van der Waals surface area contributed by atoms with E-state index in [0.717, 1.165) is 50.6 Å². The van der Waals surface area contributed by atoms with Gasteiger partial charge in [-0.05, 0) is 31.0 Å². The average Bonchev–Trinajstić information content (AvgIpc) is 2.65. The van der Waals surface area contributed by atoms with Gasteiger partial charge >= 0.3 is 0 Å². The minimum atomic E-state index is 0.111. The Bertz CT molecular complexity index is 588. The van der Waals surface area contributed by atoms with Crippen molar-refractivity contribution >= 4 is 17.3 Å². The Morgan fingerprint density at radius 1 is 1.14 bits per heavy atom. The van der Waals surface area contributed by atoms with Crippen molar-refractivity contribution in [3.63, 3.8) is 0 Å². The first-order valence-corrected chi connectivity index (χ1v) is 8.03. The first-order chi connectivity index (χ1) is 10.7. The number of carbonyl (C=O) groups excluding carboxylic acids is 1. The zero-order valence-electron chi connectivity index (χ0n) is 13.0. The Morgan fingerprint density at radius 3 is 2.68 bits per heavy atom. The van der Waals surface area contributed by atoms with Crippen LogP contribution in [0.4, 0.5) is 11.4 Å². The zero-order chi connectivity index (χ0) is 15.2. The Labute approximate surface area is 130 Å². The molecule has 22 heavy (non-hydrogen) atoms. The number of hydrogen-bond acceptors (Lipinski definition) is 4. The largest absolute Gasteiger partial charge is 0.491 e. The number of anilines is 2. The third-order valence-corrected chi connectivity index (χ3v) is 5.22. The third kappa shape index (κ3) is 2.24. The molecule has 2 saturated heterocycles. The Morgan fingerprint density at radius 2 is 1.91 bits per heavy atom. The summed E-state index contributed by atoms with van der Waals surface area (Å²) in [4.78, 5) is 16.1. The summed E-state index contributed by atoms with van der Waals surface area (Å²) in [7, 11) is 1.83. The van der Waals surface area contributed by atoms with Crippen molar-refractivity contribution in [2.45, 2.75) is 19.3 Å². The molecule has 1 aromatic rings. The summed E-state index contributed by atoms with van der Waals surface area (Å²) < 4.78 is 11.2. The number of rotatable bonds is 1. The molecule has 118 valence electrons. The molecule has 1 spiro atoms. The Balaban J connectivity index is 1.55. The van der Waals surface area contributed by atoms with Crippen LogP contribution in [0.2, 0.25) is 0 Å². The van der Waals surface area contributed by atoms with Crippen LogP contribution in [0.3, 0.4) is 0 Å². The Hall–Kier alpha value is -1.75. The predicted molar refractivity (Wildman–Crippen MR) is 84.7 cm³/mol. The van der Waals surface area contributed by atoms with E-state index >= 15 is 0 Å². The predicted octanol–water partition coefficient (Wildman–Crippen LogP) is 2.05. The molecule has 0 radical (unpaired) electrons. The molecule has 1 aromatic carbocycles. The molecule has 0 unspecified atom stereocenters. The average molecular weight is 302 g/mol. The van der Waals surface area contributed by atoms with Gasteiger partial charge < -0.3 is 19.3 Å². The van der Waals surface area contributed by atoms with Crippen molar-refractivity contribution in [3.05, 3.63) is 18.2 Å². The number of fused-ring (bicyclic) bond motifs is 1. The molecule has 2 fully saturated rings. The first kappa shape index (κ1) is 13.9. The molecule has 3 heterocycles. The lowest BCUT2D eigenvalue weighted by Gasteiger charge is -2.53. The zero-order valence-corrected chi connectivity index (χ0v) is 13.0. The highest BCUT2D eigenvalue weighted by Crippen LogP contribution is 2.44. The van der Waals surface area contributed by atoms with Crippen LogP contribution in [-0.4, -0.2) is 45.9 Å². The molecular weight excluding hydrogens is 280 g/mol. The molecule has 5 nitrogen and oxygen atoms in total. The quantitative estimate of drug-likeness (QED) is 0.796.